The average molecular weight is 346 g/mol. The molecule has 2 aliphatic heterocycles. The lowest BCUT2D eigenvalue weighted by Gasteiger charge is -2.53. The third kappa shape index (κ3) is 2.67. The molecule has 0 saturated carbocycles. The minimum atomic E-state index is 0.0634. The molecule has 4 nitrogen and oxygen atoms in total. The van der Waals surface area contributed by atoms with Crippen LogP contribution in [0.25, 0.3) is 10.9 Å². The fraction of sp³-hybridized carbons (Fsp3) is 0.526. The van der Waals surface area contributed by atoms with E-state index in [0.717, 1.165) is 54.2 Å². The minimum Gasteiger partial charge on any atom is -0.396 e. The molecule has 1 N–H and O–H groups in total. The Labute approximate surface area is 148 Å². The number of halogens is 1. The molecular weight excluding hydrogens is 322 g/mol. The van der Waals surface area contributed by atoms with Gasteiger partial charge in [-0.1, -0.05) is 11.6 Å². The summed E-state index contributed by atoms with van der Waals surface area (Å²) in [5.41, 5.74) is 1.04. The summed E-state index contributed by atoms with van der Waals surface area (Å²) in [6.07, 6.45) is 3.34. The Hall–Kier alpha value is -1.36. The summed E-state index contributed by atoms with van der Waals surface area (Å²) in [4.78, 5) is 9.63. The van der Waals surface area contributed by atoms with Gasteiger partial charge < -0.3 is 14.9 Å². The van der Waals surface area contributed by atoms with Gasteiger partial charge in [-0.2, -0.15) is 0 Å². The first-order valence-electron chi connectivity index (χ1n) is 8.74. The standard InChI is InChI=1S/C19H24ClN3O/c1-22-9-2-7-19(13-24)8-10-23(12-17(19)22)18-6-3-14-11-15(20)4-5-16(14)21-18/h3-6,11,17,24H,2,7-10,12-13H2,1H3/t17-,19-/m1/s1. The van der Waals surface area contributed by atoms with Crippen molar-refractivity contribution >= 4 is 28.3 Å². The molecule has 0 amide bonds. The van der Waals surface area contributed by atoms with E-state index < -0.39 is 0 Å². The first kappa shape index (κ1) is 16.1. The number of nitrogens with zero attached hydrogens (tertiary/aromatic N) is 3. The molecule has 0 aliphatic carbocycles. The van der Waals surface area contributed by atoms with E-state index in [1.165, 1.54) is 6.42 Å². The first-order valence-corrected chi connectivity index (χ1v) is 9.11. The number of hydrogen-bond donors (Lipinski definition) is 1. The van der Waals surface area contributed by atoms with Crippen LogP contribution >= 0.6 is 11.6 Å². The summed E-state index contributed by atoms with van der Waals surface area (Å²) in [7, 11) is 2.19. The number of piperidine rings is 2. The number of likely N-dealkylation sites (N-methyl/N-ethyl adjacent to an activating group) is 1. The Morgan fingerprint density at radius 1 is 1.25 bits per heavy atom. The number of likely N-dealkylation sites (tertiary alicyclic amines) is 1. The van der Waals surface area contributed by atoms with Crippen LogP contribution in [-0.4, -0.2) is 54.3 Å². The maximum absolute atomic E-state index is 10.0. The molecule has 1 aromatic carbocycles. The Kier molecular flexibility index (Phi) is 4.15. The molecule has 2 aromatic rings. The smallest absolute Gasteiger partial charge is 0.129 e. The Balaban J connectivity index is 1.62. The van der Waals surface area contributed by atoms with Crippen molar-refractivity contribution in [3.8, 4) is 0 Å². The van der Waals surface area contributed by atoms with Gasteiger partial charge in [-0.05, 0) is 63.2 Å². The quantitative estimate of drug-likeness (QED) is 0.907. The zero-order chi connectivity index (χ0) is 16.7. The van der Waals surface area contributed by atoms with Crippen molar-refractivity contribution in [2.45, 2.75) is 25.3 Å². The van der Waals surface area contributed by atoms with Gasteiger partial charge in [-0.25, -0.2) is 4.98 Å². The molecule has 3 heterocycles. The van der Waals surface area contributed by atoms with E-state index in [9.17, 15) is 5.11 Å². The van der Waals surface area contributed by atoms with Gasteiger partial charge in [0.15, 0.2) is 0 Å². The van der Waals surface area contributed by atoms with Crippen LogP contribution in [0.2, 0.25) is 5.02 Å². The van der Waals surface area contributed by atoms with Crippen molar-refractivity contribution < 1.29 is 5.11 Å². The number of aromatic nitrogens is 1. The van der Waals surface area contributed by atoms with Crippen LogP contribution in [0.4, 0.5) is 5.82 Å². The predicted octanol–water partition coefficient (Wildman–Crippen LogP) is 3.17. The van der Waals surface area contributed by atoms with Gasteiger partial charge in [0.25, 0.3) is 0 Å². The highest BCUT2D eigenvalue weighted by atomic mass is 35.5. The van der Waals surface area contributed by atoms with E-state index in [4.69, 9.17) is 16.6 Å². The zero-order valence-corrected chi connectivity index (χ0v) is 14.8. The molecule has 5 heteroatoms. The van der Waals surface area contributed by atoms with E-state index in [0.29, 0.717) is 12.6 Å². The summed E-state index contributed by atoms with van der Waals surface area (Å²) < 4.78 is 0. The molecule has 2 aliphatic rings. The molecule has 0 spiro atoms. The van der Waals surface area contributed by atoms with Crippen LogP contribution in [0, 0.1) is 5.41 Å². The zero-order valence-electron chi connectivity index (χ0n) is 14.1. The summed E-state index contributed by atoms with van der Waals surface area (Å²) in [5.74, 6) is 1.02. The lowest BCUT2D eigenvalue weighted by molar-refractivity contribution is -0.0277. The van der Waals surface area contributed by atoms with Gasteiger partial charge in [0.05, 0.1) is 12.1 Å². The second kappa shape index (κ2) is 6.17. The molecular formula is C19H24ClN3O. The van der Waals surface area contributed by atoms with Crippen molar-refractivity contribution in [2.24, 2.45) is 5.41 Å². The lowest BCUT2D eigenvalue weighted by Crippen LogP contribution is -2.61. The van der Waals surface area contributed by atoms with Crippen LogP contribution in [0.15, 0.2) is 30.3 Å². The second-order valence-corrected chi connectivity index (χ2v) is 7.76. The number of pyridine rings is 1. The lowest BCUT2D eigenvalue weighted by atomic mass is 9.69. The van der Waals surface area contributed by atoms with Crippen LogP contribution in [0.3, 0.4) is 0 Å². The summed E-state index contributed by atoms with van der Waals surface area (Å²) >= 11 is 6.06. The van der Waals surface area contributed by atoms with Gasteiger partial charge in [-0.15, -0.1) is 0 Å². The van der Waals surface area contributed by atoms with Crippen molar-refractivity contribution in [1.29, 1.82) is 0 Å². The van der Waals surface area contributed by atoms with Crippen molar-refractivity contribution in [3.63, 3.8) is 0 Å². The molecule has 0 bridgehead atoms. The monoisotopic (exact) mass is 345 g/mol. The number of aliphatic hydroxyl groups excluding tert-OH is 1. The number of fused-ring (bicyclic) bond motifs is 2. The first-order chi connectivity index (χ1) is 11.6. The van der Waals surface area contributed by atoms with Gasteiger partial charge in [-0.3, -0.25) is 0 Å². The average Bonchev–Trinajstić information content (AvgIpc) is 2.61. The summed E-state index contributed by atoms with van der Waals surface area (Å²) in [5, 5.41) is 11.9. The summed E-state index contributed by atoms with van der Waals surface area (Å²) in [6, 6.07) is 10.4. The topological polar surface area (TPSA) is 39.6 Å². The summed E-state index contributed by atoms with van der Waals surface area (Å²) in [6.45, 7) is 3.30. The van der Waals surface area contributed by atoms with Gasteiger partial charge in [0.2, 0.25) is 0 Å². The molecule has 1 aromatic heterocycles. The van der Waals surface area contributed by atoms with Crippen LogP contribution in [0.5, 0.6) is 0 Å². The number of anilines is 1. The van der Waals surface area contributed by atoms with Crippen molar-refractivity contribution in [3.05, 3.63) is 35.4 Å². The Morgan fingerprint density at radius 2 is 2.12 bits per heavy atom. The predicted molar refractivity (Wildman–Crippen MR) is 98.8 cm³/mol. The van der Waals surface area contributed by atoms with Gasteiger partial charge in [0.1, 0.15) is 5.82 Å². The highest BCUT2D eigenvalue weighted by molar-refractivity contribution is 6.31. The Bertz CT molecular complexity index is 752. The molecule has 24 heavy (non-hydrogen) atoms. The maximum atomic E-state index is 10.0. The van der Waals surface area contributed by atoms with E-state index in [-0.39, 0.29) is 5.41 Å². The maximum Gasteiger partial charge on any atom is 0.129 e. The molecule has 128 valence electrons. The van der Waals surface area contributed by atoms with Crippen molar-refractivity contribution in [1.82, 2.24) is 9.88 Å². The molecule has 2 fully saturated rings. The van der Waals surface area contributed by atoms with E-state index in [2.05, 4.69) is 29.0 Å². The third-order valence-electron chi connectivity index (χ3n) is 5.97. The number of rotatable bonds is 2. The molecule has 0 radical (unpaired) electrons. The SMILES string of the molecule is CN1CCC[C@]2(CO)CCN(c3ccc4cc(Cl)ccc4n3)C[C@@H]12. The van der Waals surface area contributed by atoms with Crippen LogP contribution in [-0.2, 0) is 0 Å². The molecule has 4 rings (SSSR count). The van der Waals surface area contributed by atoms with E-state index in [1.807, 2.05) is 18.2 Å². The minimum absolute atomic E-state index is 0.0634. The third-order valence-corrected chi connectivity index (χ3v) is 6.21. The number of hydrogen-bond acceptors (Lipinski definition) is 4. The van der Waals surface area contributed by atoms with Crippen molar-refractivity contribution in [2.75, 3.05) is 38.2 Å². The molecule has 0 unspecified atom stereocenters. The van der Waals surface area contributed by atoms with Crippen LogP contribution in [0.1, 0.15) is 19.3 Å². The highest BCUT2D eigenvalue weighted by Gasteiger charge is 2.46. The van der Waals surface area contributed by atoms with E-state index in [1.54, 1.807) is 0 Å². The largest absolute Gasteiger partial charge is 0.396 e. The molecule has 2 atom stereocenters. The Morgan fingerprint density at radius 3 is 2.96 bits per heavy atom. The number of benzene rings is 1. The normalized spacial score (nSPS) is 28.1. The highest BCUT2D eigenvalue weighted by Crippen LogP contribution is 2.42. The fourth-order valence-corrected chi connectivity index (χ4v) is 4.67. The van der Waals surface area contributed by atoms with Gasteiger partial charge >= 0.3 is 0 Å². The van der Waals surface area contributed by atoms with E-state index >= 15 is 0 Å². The number of aliphatic hydroxyl groups is 1. The fourth-order valence-electron chi connectivity index (χ4n) is 4.49. The van der Waals surface area contributed by atoms with Crippen LogP contribution < -0.4 is 4.90 Å². The van der Waals surface area contributed by atoms with Gasteiger partial charge in [0, 0.05) is 35.0 Å². The molecule has 2 saturated heterocycles. The second-order valence-electron chi connectivity index (χ2n) is 7.32.